The molecule has 6 heteroatoms. The predicted molar refractivity (Wildman–Crippen MR) is 72.9 cm³/mol. The van der Waals surface area contributed by atoms with Gasteiger partial charge in [0.15, 0.2) is 0 Å². The molecule has 18 heavy (non-hydrogen) atoms. The molecule has 0 radical (unpaired) electrons. The van der Waals surface area contributed by atoms with Gasteiger partial charge in [-0.05, 0) is 45.5 Å². The second-order valence-electron chi connectivity index (χ2n) is 4.75. The molecular weight excluding hydrogens is 250 g/mol. The molecule has 0 spiro atoms. The van der Waals surface area contributed by atoms with Crippen LogP contribution in [0.25, 0.3) is 0 Å². The average Bonchev–Trinajstić information content (AvgIpc) is 2.64. The normalized spacial score (nSPS) is 20.9. The summed E-state index contributed by atoms with van der Waals surface area (Å²) in [5, 5.41) is 14.3. The predicted octanol–water partition coefficient (Wildman–Crippen LogP) is 2.23. The molecule has 2 rings (SSSR count). The van der Waals surface area contributed by atoms with Crippen molar-refractivity contribution < 1.29 is 4.92 Å². The minimum absolute atomic E-state index is 0.237. The van der Waals surface area contributed by atoms with E-state index in [0.29, 0.717) is 6.04 Å². The van der Waals surface area contributed by atoms with Gasteiger partial charge >= 0.3 is 5.00 Å². The molecule has 0 amide bonds. The molecule has 1 aromatic rings. The fourth-order valence-electron chi connectivity index (χ4n) is 2.37. The molecule has 1 N–H and O–H groups in total. The summed E-state index contributed by atoms with van der Waals surface area (Å²) in [6.07, 6.45) is 3.57. The number of rotatable bonds is 4. The highest BCUT2D eigenvalue weighted by molar-refractivity contribution is 7.15. The zero-order chi connectivity index (χ0) is 13.0. The monoisotopic (exact) mass is 269 g/mol. The van der Waals surface area contributed by atoms with E-state index in [1.807, 2.05) is 6.07 Å². The highest BCUT2D eigenvalue weighted by atomic mass is 32.1. The van der Waals surface area contributed by atoms with Crippen LogP contribution in [0.4, 0.5) is 5.00 Å². The van der Waals surface area contributed by atoms with Crippen LogP contribution >= 0.6 is 11.3 Å². The van der Waals surface area contributed by atoms with Crippen LogP contribution in [0.5, 0.6) is 0 Å². The maximum absolute atomic E-state index is 10.6. The number of hydrogen-bond acceptors (Lipinski definition) is 5. The van der Waals surface area contributed by atoms with Crippen molar-refractivity contribution in [1.82, 2.24) is 10.2 Å². The summed E-state index contributed by atoms with van der Waals surface area (Å²) in [6.45, 7) is 2.98. The van der Waals surface area contributed by atoms with Crippen molar-refractivity contribution in [2.75, 3.05) is 20.1 Å². The molecule has 0 saturated carbocycles. The fourth-order valence-corrected chi connectivity index (χ4v) is 3.25. The maximum Gasteiger partial charge on any atom is 0.324 e. The first-order valence-corrected chi connectivity index (χ1v) is 7.12. The van der Waals surface area contributed by atoms with Crippen LogP contribution in [-0.2, 0) is 6.54 Å². The Morgan fingerprint density at radius 1 is 1.50 bits per heavy atom. The number of hydrogen-bond donors (Lipinski definition) is 1. The Bertz CT molecular complexity index is 400. The number of nitrogens with one attached hydrogen (secondary N) is 1. The zero-order valence-corrected chi connectivity index (χ0v) is 11.4. The van der Waals surface area contributed by atoms with Gasteiger partial charge in [-0.2, -0.15) is 0 Å². The Morgan fingerprint density at radius 3 is 3.06 bits per heavy atom. The third-order valence-corrected chi connectivity index (χ3v) is 4.42. The van der Waals surface area contributed by atoms with Crippen molar-refractivity contribution in [3.8, 4) is 0 Å². The van der Waals surface area contributed by atoms with E-state index < -0.39 is 0 Å². The van der Waals surface area contributed by atoms with Crippen LogP contribution in [0.15, 0.2) is 12.1 Å². The Kier molecular flexibility index (Phi) is 4.68. The lowest BCUT2D eigenvalue weighted by atomic mass is 10.1. The quantitative estimate of drug-likeness (QED) is 0.672. The van der Waals surface area contributed by atoms with Gasteiger partial charge in [-0.25, -0.2) is 0 Å². The summed E-state index contributed by atoms with van der Waals surface area (Å²) in [4.78, 5) is 13.7. The van der Waals surface area contributed by atoms with Crippen molar-refractivity contribution in [3.63, 3.8) is 0 Å². The van der Waals surface area contributed by atoms with Gasteiger partial charge in [-0.1, -0.05) is 11.3 Å². The number of thiophene rings is 1. The second-order valence-corrected chi connectivity index (χ2v) is 5.89. The molecule has 1 fully saturated rings. The molecule has 1 saturated heterocycles. The number of nitro groups is 1. The Morgan fingerprint density at radius 2 is 2.33 bits per heavy atom. The third-order valence-electron chi connectivity index (χ3n) is 3.40. The molecule has 1 unspecified atom stereocenters. The molecule has 0 bridgehead atoms. The summed E-state index contributed by atoms with van der Waals surface area (Å²) in [5.74, 6) is 0. The molecule has 1 atom stereocenters. The molecule has 1 aliphatic rings. The standard InChI is InChI=1S/C12H19N3O2S/c1-14(10-3-2-7-13-8-6-10)9-11-4-5-12(18-11)15(16)17/h4-5,10,13H,2-3,6-9H2,1H3. The van der Waals surface area contributed by atoms with Gasteiger partial charge in [-0.15, -0.1) is 0 Å². The minimum Gasteiger partial charge on any atom is -0.317 e. The van der Waals surface area contributed by atoms with Crippen molar-refractivity contribution >= 4 is 16.3 Å². The lowest BCUT2D eigenvalue weighted by molar-refractivity contribution is -0.380. The van der Waals surface area contributed by atoms with Crippen LogP contribution in [0.3, 0.4) is 0 Å². The average molecular weight is 269 g/mol. The summed E-state index contributed by atoms with van der Waals surface area (Å²) in [5.41, 5.74) is 0. The van der Waals surface area contributed by atoms with E-state index in [4.69, 9.17) is 0 Å². The summed E-state index contributed by atoms with van der Waals surface area (Å²) < 4.78 is 0. The molecule has 100 valence electrons. The van der Waals surface area contributed by atoms with Crippen molar-refractivity contribution in [2.45, 2.75) is 31.8 Å². The van der Waals surface area contributed by atoms with E-state index in [2.05, 4.69) is 17.3 Å². The highest BCUT2D eigenvalue weighted by Gasteiger charge is 2.18. The zero-order valence-electron chi connectivity index (χ0n) is 10.6. The van der Waals surface area contributed by atoms with Crippen LogP contribution in [0.2, 0.25) is 0 Å². The molecule has 1 aliphatic heterocycles. The lowest BCUT2D eigenvalue weighted by Crippen LogP contribution is -2.31. The van der Waals surface area contributed by atoms with E-state index in [-0.39, 0.29) is 9.92 Å². The molecule has 0 aromatic carbocycles. The first-order chi connectivity index (χ1) is 8.66. The molecule has 1 aromatic heterocycles. The molecule has 2 heterocycles. The first kappa shape index (κ1) is 13.5. The first-order valence-electron chi connectivity index (χ1n) is 6.31. The Labute approximate surface area is 111 Å². The van der Waals surface area contributed by atoms with E-state index in [9.17, 15) is 10.1 Å². The van der Waals surface area contributed by atoms with E-state index >= 15 is 0 Å². The summed E-state index contributed by atoms with van der Waals surface area (Å²) in [6, 6.07) is 4.05. The van der Waals surface area contributed by atoms with Crippen LogP contribution in [-0.4, -0.2) is 36.0 Å². The molecular formula is C12H19N3O2S. The number of nitrogens with zero attached hydrogens (tertiary/aromatic N) is 2. The van der Waals surface area contributed by atoms with Gasteiger partial charge in [0.1, 0.15) is 0 Å². The van der Waals surface area contributed by atoms with Gasteiger partial charge in [0, 0.05) is 23.5 Å². The minimum atomic E-state index is -0.316. The maximum atomic E-state index is 10.6. The second kappa shape index (κ2) is 6.26. The van der Waals surface area contributed by atoms with Crippen molar-refractivity contribution in [2.24, 2.45) is 0 Å². The van der Waals surface area contributed by atoms with E-state index in [1.165, 1.54) is 24.2 Å². The van der Waals surface area contributed by atoms with E-state index in [1.54, 1.807) is 6.07 Å². The van der Waals surface area contributed by atoms with Gasteiger partial charge in [-0.3, -0.25) is 15.0 Å². The largest absolute Gasteiger partial charge is 0.324 e. The smallest absolute Gasteiger partial charge is 0.317 e. The van der Waals surface area contributed by atoms with Gasteiger partial charge in [0.2, 0.25) is 0 Å². The fraction of sp³-hybridized carbons (Fsp3) is 0.667. The SMILES string of the molecule is CN(Cc1ccc([N+](=O)[O-])s1)C1CCCNCC1. The highest BCUT2D eigenvalue weighted by Crippen LogP contribution is 2.26. The van der Waals surface area contributed by atoms with Crippen LogP contribution in [0, 0.1) is 10.1 Å². The Hall–Kier alpha value is -0.980. The molecule has 0 aliphatic carbocycles. The van der Waals surface area contributed by atoms with Gasteiger partial charge in [0.25, 0.3) is 0 Å². The van der Waals surface area contributed by atoms with Crippen molar-refractivity contribution in [3.05, 3.63) is 27.1 Å². The van der Waals surface area contributed by atoms with E-state index in [0.717, 1.165) is 30.9 Å². The van der Waals surface area contributed by atoms with Gasteiger partial charge < -0.3 is 5.32 Å². The Balaban J connectivity index is 1.92. The van der Waals surface area contributed by atoms with Gasteiger partial charge in [0.05, 0.1) is 4.92 Å². The van der Waals surface area contributed by atoms with Crippen LogP contribution in [0.1, 0.15) is 24.1 Å². The third kappa shape index (κ3) is 3.51. The van der Waals surface area contributed by atoms with Crippen LogP contribution < -0.4 is 5.32 Å². The lowest BCUT2D eigenvalue weighted by Gasteiger charge is -2.26. The summed E-state index contributed by atoms with van der Waals surface area (Å²) in [7, 11) is 2.11. The topological polar surface area (TPSA) is 58.4 Å². The van der Waals surface area contributed by atoms with Crippen molar-refractivity contribution in [1.29, 1.82) is 0 Å². The summed E-state index contributed by atoms with van der Waals surface area (Å²) >= 11 is 1.28. The molecule has 5 nitrogen and oxygen atoms in total.